The minimum atomic E-state index is 0.633. The van der Waals surface area contributed by atoms with Gasteiger partial charge in [0.2, 0.25) is 0 Å². The third-order valence-electron chi connectivity index (χ3n) is 5.31. The SMILES string of the molecule is CCCNC1CCCCCC1n1c(C)nc2c1CCCC2. The first-order valence-corrected chi connectivity index (χ1v) is 9.11. The van der Waals surface area contributed by atoms with Crippen molar-refractivity contribution in [3.05, 3.63) is 17.2 Å². The summed E-state index contributed by atoms with van der Waals surface area (Å²) in [6.07, 6.45) is 13.2. The highest BCUT2D eigenvalue weighted by Gasteiger charge is 2.29. The molecule has 0 aliphatic heterocycles. The van der Waals surface area contributed by atoms with Gasteiger partial charge in [0.05, 0.1) is 11.7 Å². The predicted molar refractivity (Wildman–Crippen MR) is 87.8 cm³/mol. The molecule has 0 radical (unpaired) electrons. The van der Waals surface area contributed by atoms with Crippen LogP contribution in [-0.4, -0.2) is 22.1 Å². The second-order valence-corrected chi connectivity index (χ2v) is 6.90. The van der Waals surface area contributed by atoms with Crippen LogP contribution in [0.4, 0.5) is 0 Å². The van der Waals surface area contributed by atoms with E-state index < -0.39 is 0 Å². The lowest BCUT2D eigenvalue weighted by Crippen LogP contribution is -2.38. The molecule has 0 aromatic carbocycles. The molecule has 2 aliphatic rings. The largest absolute Gasteiger partial charge is 0.327 e. The normalized spacial score (nSPS) is 26.4. The Bertz CT molecular complexity index is 463. The number of hydrogen-bond acceptors (Lipinski definition) is 2. The fraction of sp³-hybridized carbons (Fsp3) is 0.833. The van der Waals surface area contributed by atoms with E-state index in [4.69, 9.17) is 4.98 Å². The van der Waals surface area contributed by atoms with E-state index in [1.807, 2.05) is 0 Å². The Morgan fingerprint density at radius 3 is 2.76 bits per heavy atom. The van der Waals surface area contributed by atoms with Crippen LogP contribution in [-0.2, 0) is 12.8 Å². The molecule has 1 aromatic heterocycles. The van der Waals surface area contributed by atoms with Crippen LogP contribution in [0.3, 0.4) is 0 Å². The van der Waals surface area contributed by atoms with Gasteiger partial charge in [0.1, 0.15) is 5.82 Å². The summed E-state index contributed by atoms with van der Waals surface area (Å²) in [4.78, 5) is 4.91. The molecule has 1 aromatic rings. The summed E-state index contributed by atoms with van der Waals surface area (Å²) in [5.41, 5.74) is 2.96. The second kappa shape index (κ2) is 6.95. The van der Waals surface area contributed by atoms with Gasteiger partial charge in [-0.15, -0.1) is 0 Å². The van der Waals surface area contributed by atoms with Gasteiger partial charge >= 0.3 is 0 Å². The fourth-order valence-corrected chi connectivity index (χ4v) is 4.30. The van der Waals surface area contributed by atoms with Crippen molar-refractivity contribution in [2.75, 3.05) is 6.54 Å². The van der Waals surface area contributed by atoms with Crippen molar-refractivity contribution in [1.82, 2.24) is 14.9 Å². The quantitative estimate of drug-likeness (QED) is 0.851. The van der Waals surface area contributed by atoms with Crippen LogP contribution in [0.15, 0.2) is 0 Å². The Balaban J connectivity index is 1.89. The van der Waals surface area contributed by atoms with Crippen LogP contribution in [0, 0.1) is 6.92 Å². The molecule has 0 saturated heterocycles. The van der Waals surface area contributed by atoms with Crippen LogP contribution in [0.2, 0.25) is 0 Å². The molecule has 0 bridgehead atoms. The van der Waals surface area contributed by atoms with Crippen LogP contribution < -0.4 is 5.32 Å². The molecule has 3 rings (SSSR count). The van der Waals surface area contributed by atoms with E-state index >= 15 is 0 Å². The van der Waals surface area contributed by atoms with Gasteiger partial charge in [-0.25, -0.2) is 4.98 Å². The van der Waals surface area contributed by atoms with Gasteiger partial charge in [0.15, 0.2) is 0 Å². The van der Waals surface area contributed by atoms with Gasteiger partial charge in [0, 0.05) is 11.7 Å². The topological polar surface area (TPSA) is 29.9 Å². The van der Waals surface area contributed by atoms with Crippen LogP contribution in [0.25, 0.3) is 0 Å². The summed E-state index contributed by atoms with van der Waals surface area (Å²) in [7, 11) is 0. The number of rotatable bonds is 4. The monoisotopic (exact) mass is 289 g/mol. The maximum Gasteiger partial charge on any atom is 0.106 e. The van der Waals surface area contributed by atoms with E-state index in [1.165, 1.54) is 75.7 Å². The third-order valence-corrected chi connectivity index (χ3v) is 5.31. The summed E-state index contributed by atoms with van der Waals surface area (Å²) < 4.78 is 2.63. The van der Waals surface area contributed by atoms with Crippen molar-refractivity contribution < 1.29 is 0 Å². The minimum absolute atomic E-state index is 0.633. The zero-order valence-electron chi connectivity index (χ0n) is 13.8. The summed E-state index contributed by atoms with van der Waals surface area (Å²) in [5, 5.41) is 3.84. The second-order valence-electron chi connectivity index (χ2n) is 6.90. The summed E-state index contributed by atoms with van der Waals surface area (Å²) in [6.45, 7) is 5.64. The summed E-state index contributed by atoms with van der Waals surface area (Å²) in [5.74, 6) is 1.26. The van der Waals surface area contributed by atoms with Crippen molar-refractivity contribution in [1.29, 1.82) is 0 Å². The van der Waals surface area contributed by atoms with Crippen LogP contribution in [0.1, 0.15) is 81.5 Å². The number of imidazole rings is 1. The number of aryl methyl sites for hydroxylation is 2. The molecule has 1 heterocycles. The molecule has 2 atom stereocenters. The lowest BCUT2D eigenvalue weighted by molar-refractivity contribution is 0.319. The lowest BCUT2D eigenvalue weighted by Gasteiger charge is -2.30. The number of nitrogens with zero attached hydrogens (tertiary/aromatic N) is 2. The molecule has 21 heavy (non-hydrogen) atoms. The Hall–Kier alpha value is -0.830. The maximum absolute atomic E-state index is 4.91. The Labute approximate surface area is 129 Å². The Morgan fingerprint density at radius 2 is 1.90 bits per heavy atom. The van der Waals surface area contributed by atoms with Crippen molar-refractivity contribution in [3.8, 4) is 0 Å². The van der Waals surface area contributed by atoms with Gasteiger partial charge in [-0.05, 0) is 58.4 Å². The number of fused-ring (bicyclic) bond motifs is 1. The van der Waals surface area contributed by atoms with Gasteiger partial charge in [-0.3, -0.25) is 0 Å². The zero-order chi connectivity index (χ0) is 14.7. The van der Waals surface area contributed by atoms with Gasteiger partial charge in [-0.1, -0.05) is 26.2 Å². The zero-order valence-corrected chi connectivity index (χ0v) is 13.8. The lowest BCUT2D eigenvalue weighted by atomic mass is 9.98. The molecule has 3 nitrogen and oxygen atoms in total. The van der Waals surface area contributed by atoms with Gasteiger partial charge in [-0.2, -0.15) is 0 Å². The molecule has 1 N–H and O–H groups in total. The first-order valence-electron chi connectivity index (χ1n) is 9.11. The highest BCUT2D eigenvalue weighted by Crippen LogP contribution is 2.33. The predicted octanol–water partition coefficient (Wildman–Crippen LogP) is 3.94. The molecular weight excluding hydrogens is 258 g/mol. The molecular formula is C18H31N3. The first-order chi connectivity index (χ1) is 10.3. The molecule has 2 unspecified atom stereocenters. The van der Waals surface area contributed by atoms with Crippen molar-refractivity contribution >= 4 is 0 Å². The molecule has 118 valence electrons. The summed E-state index contributed by atoms with van der Waals surface area (Å²) >= 11 is 0. The minimum Gasteiger partial charge on any atom is -0.327 e. The van der Waals surface area contributed by atoms with E-state index in [1.54, 1.807) is 5.69 Å². The van der Waals surface area contributed by atoms with Crippen molar-refractivity contribution in [3.63, 3.8) is 0 Å². The summed E-state index contributed by atoms with van der Waals surface area (Å²) in [6, 6.07) is 1.28. The number of hydrogen-bond donors (Lipinski definition) is 1. The standard InChI is InChI=1S/C18H31N3/c1-3-13-19-15-9-5-4-6-11-17(15)21-14(2)20-16-10-7-8-12-18(16)21/h15,17,19H,3-13H2,1-2H3. The highest BCUT2D eigenvalue weighted by atomic mass is 15.2. The van der Waals surface area contributed by atoms with Crippen LogP contribution >= 0.6 is 0 Å². The molecule has 0 amide bonds. The van der Waals surface area contributed by atoms with Crippen molar-refractivity contribution in [2.45, 2.75) is 90.1 Å². The smallest absolute Gasteiger partial charge is 0.106 e. The molecule has 0 spiro atoms. The van der Waals surface area contributed by atoms with E-state index in [-0.39, 0.29) is 0 Å². The highest BCUT2D eigenvalue weighted by molar-refractivity contribution is 5.21. The Morgan fingerprint density at radius 1 is 1.10 bits per heavy atom. The molecule has 1 fully saturated rings. The first kappa shape index (κ1) is 15.1. The molecule has 2 aliphatic carbocycles. The average molecular weight is 289 g/mol. The fourth-order valence-electron chi connectivity index (χ4n) is 4.30. The van der Waals surface area contributed by atoms with E-state index in [0.29, 0.717) is 12.1 Å². The van der Waals surface area contributed by atoms with E-state index in [9.17, 15) is 0 Å². The van der Waals surface area contributed by atoms with Crippen LogP contribution in [0.5, 0.6) is 0 Å². The van der Waals surface area contributed by atoms with E-state index in [2.05, 4.69) is 23.7 Å². The van der Waals surface area contributed by atoms with Gasteiger partial charge in [0.25, 0.3) is 0 Å². The Kier molecular flexibility index (Phi) is 4.99. The number of nitrogens with one attached hydrogen (secondary N) is 1. The van der Waals surface area contributed by atoms with E-state index in [0.717, 1.165) is 6.54 Å². The molecule has 1 saturated carbocycles. The third kappa shape index (κ3) is 3.18. The maximum atomic E-state index is 4.91. The molecule has 3 heteroatoms. The number of aromatic nitrogens is 2. The van der Waals surface area contributed by atoms with Crippen molar-refractivity contribution in [2.24, 2.45) is 0 Å². The van der Waals surface area contributed by atoms with Gasteiger partial charge < -0.3 is 9.88 Å². The average Bonchev–Trinajstić information content (AvgIpc) is 2.67.